The van der Waals surface area contributed by atoms with Crippen molar-refractivity contribution >= 4 is 23.4 Å². The van der Waals surface area contributed by atoms with E-state index in [1.165, 1.54) is 23.0 Å². The number of fused-ring (bicyclic) bond motifs is 1. The van der Waals surface area contributed by atoms with Gasteiger partial charge in [0.1, 0.15) is 12.9 Å². The van der Waals surface area contributed by atoms with Crippen LogP contribution in [-0.4, -0.2) is 31.1 Å². The predicted octanol–water partition coefficient (Wildman–Crippen LogP) is 2.43. The molecule has 3 amide bonds. The van der Waals surface area contributed by atoms with Gasteiger partial charge in [-0.05, 0) is 23.8 Å². The highest BCUT2D eigenvalue weighted by Crippen LogP contribution is 2.30. The van der Waals surface area contributed by atoms with Crippen LogP contribution in [0.2, 0.25) is 0 Å². The number of hydrogen-bond donors (Lipinski definition) is 3. The van der Waals surface area contributed by atoms with Gasteiger partial charge in [0.15, 0.2) is 0 Å². The summed E-state index contributed by atoms with van der Waals surface area (Å²) in [5.41, 5.74) is 3.80. The summed E-state index contributed by atoms with van der Waals surface area (Å²) in [6.45, 7) is -0.351. The summed E-state index contributed by atoms with van der Waals surface area (Å²) in [6, 6.07) is 13.2. The molecule has 0 aliphatic heterocycles. The Kier molecular flexibility index (Phi) is 5.99. The first-order valence-electron chi connectivity index (χ1n) is 9.74. The maximum Gasteiger partial charge on any atom is 0.416 e. The van der Waals surface area contributed by atoms with Crippen molar-refractivity contribution in [1.29, 1.82) is 0 Å². The summed E-state index contributed by atoms with van der Waals surface area (Å²) in [7, 11) is 0. The number of nitrogens with zero attached hydrogens (tertiary/aromatic N) is 4. The Bertz CT molecular complexity index is 1410. The fraction of sp³-hybridized carbons (Fsp3) is 0.0952. The number of urea groups is 1. The molecule has 0 radical (unpaired) electrons. The van der Waals surface area contributed by atoms with Gasteiger partial charge in [0.2, 0.25) is 5.78 Å². The molecule has 0 fully saturated rings. The zero-order chi connectivity index (χ0) is 24.3. The average molecular weight is 471 g/mol. The van der Waals surface area contributed by atoms with E-state index < -0.39 is 29.2 Å². The third-order valence-electron chi connectivity index (χ3n) is 4.67. The van der Waals surface area contributed by atoms with Gasteiger partial charge < -0.3 is 9.88 Å². The van der Waals surface area contributed by atoms with E-state index >= 15 is 0 Å². The molecule has 10 nitrogen and oxygen atoms in total. The zero-order valence-corrected chi connectivity index (χ0v) is 17.2. The van der Waals surface area contributed by atoms with Crippen molar-refractivity contribution in [3.63, 3.8) is 0 Å². The number of halogens is 3. The van der Waals surface area contributed by atoms with E-state index in [9.17, 15) is 27.6 Å². The van der Waals surface area contributed by atoms with Crippen molar-refractivity contribution < 1.29 is 22.8 Å². The van der Waals surface area contributed by atoms with Gasteiger partial charge in [-0.15, -0.1) is 0 Å². The monoisotopic (exact) mass is 471 g/mol. The minimum Gasteiger partial charge on any atom is -0.307 e. The number of anilines is 1. The molecular formula is C21H16F3N7O3. The number of hydrogen-bond acceptors (Lipinski definition) is 5. The number of hydrazine groups is 1. The van der Waals surface area contributed by atoms with E-state index in [4.69, 9.17) is 0 Å². The number of amides is 3. The van der Waals surface area contributed by atoms with Crippen LogP contribution in [0.1, 0.15) is 5.56 Å². The van der Waals surface area contributed by atoms with E-state index in [1.807, 2.05) is 0 Å². The molecule has 0 saturated carbocycles. The molecule has 174 valence electrons. The van der Waals surface area contributed by atoms with Gasteiger partial charge in [-0.3, -0.25) is 15.0 Å². The molecule has 4 aromatic rings. The first kappa shape index (κ1) is 22.5. The van der Waals surface area contributed by atoms with Crippen molar-refractivity contribution in [2.75, 3.05) is 5.32 Å². The molecule has 2 aromatic heterocycles. The molecule has 3 N–H and O–H groups in total. The second kappa shape index (κ2) is 9.05. The molecule has 2 aromatic carbocycles. The lowest BCUT2D eigenvalue weighted by Gasteiger charge is -2.15. The number of alkyl halides is 3. The molecular weight excluding hydrogens is 455 g/mol. The highest BCUT2D eigenvalue weighted by Gasteiger charge is 2.30. The molecule has 34 heavy (non-hydrogen) atoms. The van der Waals surface area contributed by atoms with Crippen LogP contribution in [0.25, 0.3) is 17.0 Å². The summed E-state index contributed by atoms with van der Waals surface area (Å²) >= 11 is 0. The molecule has 0 unspecified atom stereocenters. The van der Waals surface area contributed by atoms with E-state index in [2.05, 4.69) is 26.3 Å². The van der Waals surface area contributed by atoms with E-state index in [0.29, 0.717) is 11.3 Å². The Morgan fingerprint density at radius 3 is 2.47 bits per heavy atom. The fourth-order valence-electron chi connectivity index (χ4n) is 3.19. The molecule has 4 rings (SSSR count). The predicted molar refractivity (Wildman–Crippen MR) is 114 cm³/mol. The summed E-state index contributed by atoms with van der Waals surface area (Å²) in [5, 5.41) is 6.05. The summed E-state index contributed by atoms with van der Waals surface area (Å²) in [4.78, 5) is 41.0. The van der Waals surface area contributed by atoms with Gasteiger partial charge in [0.25, 0.3) is 11.5 Å². The highest BCUT2D eigenvalue weighted by molar-refractivity contribution is 5.91. The van der Waals surface area contributed by atoms with Crippen molar-refractivity contribution in [2.24, 2.45) is 0 Å². The highest BCUT2D eigenvalue weighted by atomic mass is 19.4. The smallest absolute Gasteiger partial charge is 0.307 e. The molecule has 2 heterocycles. The van der Waals surface area contributed by atoms with Crippen LogP contribution in [0, 0.1) is 0 Å². The Balaban J connectivity index is 1.48. The lowest BCUT2D eigenvalue weighted by Crippen LogP contribution is -2.45. The average Bonchev–Trinajstić information content (AvgIpc) is 3.30. The van der Waals surface area contributed by atoms with E-state index in [1.54, 1.807) is 30.3 Å². The molecule has 0 saturated heterocycles. The normalized spacial score (nSPS) is 11.3. The standard InChI is InChI=1S/C21H16F3N7O3/c22-21(23,24)14-7-4-8-15(9-14)27-19(34)29-28-17(32)11-30-16(13-5-2-1-3-6-13)10-18(33)31-20(30)25-12-26-31/h1-10,12H,11H2,(H,28,32)(H2,27,29,34). The Morgan fingerprint density at radius 1 is 0.971 bits per heavy atom. The van der Waals surface area contributed by atoms with Crippen LogP contribution in [0.3, 0.4) is 0 Å². The van der Waals surface area contributed by atoms with Crippen LogP contribution in [0.5, 0.6) is 0 Å². The van der Waals surface area contributed by atoms with Crippen LogP contribution >= 0.6 is 0 Å². The lowest BCUT2D eigenvalue weighted by atomic mass is 10.1. The molecule has 0 spiro atoms. The molecule has 0 aliphatic rings. The van der Waals surface area contributed by atoms with Crippen molar-refractivity contribution in [2.45, 2.75) is 12.7 Å². The topological polar surface area (TPSA) is 122 Å². The lowest BCUT2D eigenvalue weighted by molar-refractivity contribution is -0.137. The van der Waals surface area contributed by atoms with Crippen molar-refractivity contribution in [3.8, 4) is 11.3 Å². The maximum atomic E-state index is 12.8. The Hall–Kier alpha value is -4.68. The molecule has 0 bridgehead atoms. The second-order valence-corrected chi connectivity index (χ2v) is 7.00. The van der Waals surface area contributed by atoms with Gasteiger partial charge in [-0.2, -0.15) is 27.8 Å². The van der Waals surface area contributed by atoms with Gasteiger partial charge in [-0.1, -0.05) is 36.4 Å². The van der Waals surface area contributed by atoms with Gasteiger partial charge in [0, 0.05) is 11.8 Å². The third-order valence-corrected chi connectivity index (χ3v) is 4.67. The SMILES string of the molecule is O=C(Cn1c(-c2ccccc2)cc(=O)n2ncnc12)NNC(=O)Nc1cccc(C(F)(F)F)c1. The van der Waals surface area contributed by atoms with Crippen LogP contribution in [0.4, 0.5) is 23.7 Å². The van der Waals surface area contributed by atoms with Gasteiger partial charge >= 0.3 is 12.2 Å². The van der Waals surface area contributed by atoms with Crippen molar-refractivity contribution in [3.05, 3.63) is 82.9 Å². The van der Waals surface area contributed by atoms with E-state index in [-0.39, 0.29) is 18.0 Å². The third kappa shape index (κ3) is 4.87. The van der Waals surface area contributed by atoms with Gasteiger partial charge in [0.05, 0.1) is 11.3 Å². The number of nitrogens with one attached hydrogen (secondary N) is 3. The fourth-order valence-corrected chi connectivity index (χ4v) is 3.19. The zero-order valence-electron chi connectivity index (χ0n) is 17.2. The molecule has 0 atom stereocenters. The van der Waals surface area contributed by atoms with E-state index in [0.717, 1.165) is 22.7 Å². The van der Waals surface area contributed by atoms with Crippen LogP contribution in [-0.2, 0) is 17.5 Å². The number of aromatic nitrogens is 4. The molecule has 0 aliphatic carbocycles. The summed E-state index contributed by atoms with van der Waals surface area (Å²) in [6.07, 6.45) is -3.40. The summed E-state index contributed by atoms with van der Waals surface area (Å²) < 4.78 is 40.9. The van der Waals surface area contributed by atoms with Gasteiger partial charge in [-0.25, -0.2) is 10.2 Å². The summed E-state index contributed by atoms with van der Waals surface area (Å²) in [5.74, 6) is -0.583. The number of benzene rings is 2. The largest absolute Gasteiger partial charge is 0.416 e. The maximum absolute atomic E-state index is 12.8. The number of carbonyl (C=O) groups is 2. The quantitative estimate of drug-likeness (QED) is 0.395. The van der Waals surface area contributed by atoms with Crippen LogP contribution < -0.4 is 21.7 Å². The van der Waals surface area contributed by atoms with Crippen molar-refractivity contribution in [1.82, 2.24) is 30.0 Å². The number of rotatable bonds is 4. The minimum absolute atomic E-state index is 0.106. The van der Waals surface area contributed by atoms with Crippen LogP contribution in [0.15, 0.2) is 71.8 Å². The first-order valence-corrected chi connectivity index (χ1v) is 9.74. The second-order valence-electron chi connectivity index (χ2n) is 7.00. The Labute approximate surface area is 189 Å². The molecule has 13 heteroatoms. The first-order chi connectivity index (χ1) is 16.2. The Morgan fingerprint density at radius 2 is 1.74 bits per heavy atom. The minimum atomic E-state index is -4.57. The number of carbonyl (C=O) groups excluding carboxylic acids is 2.